The zero-order valence-corrected chi connectivity index (χ0v) is 8.96. The highest BCUT2D eigenvalue weighted by molar-refractivity contribution is 4.98. The zero-order valence-electron chi connectivity index (χ0n) is 8.96. The Morgan fingerprint density at radius 3 is 3.20 bits per heavy atom. The minimum absolute atomic E-state index is 0.0394. The molecule has 0 spiro atoms. The van der Waals surface area contributed by atoms with Crippen LogP contribution in [0.1, 0.15) is 5.69 Å². The molecule has 2 rings (SSSR count). The molecular formula is C10H17N3O2. The van der Waals surface area contributed by atoms with E-state index in [-0.39, 0.29) is 12.7 Å². The number of aryl methyl sites for hydroxylation is 1. The average Bonchev–Trinajstić information content (AvgIpc) is 2.64. The summed E-state index contributed by atoms with van der Waals surface area (Å²) < 4.78 is 7.19. The van der Waals surface area contributed by atoms with Crippen LogP contribution in [0.25, 0.3) is 0 Å². The first kappa shape index (κ1) is 10.6. The number of aliphatic hydroxyl groups excluding tert-OH is 1. The van der Waals surface area contributed by atoms with E-state index in [9.17, 15) is 0 Å². The van der Waals surface area contributed by atoms with E-state index in [1.54, 1.807) is 4.68 Å². The summed E-state index contributed by atoms with van der Waals surface area (Å²) in [5, 5.41) is 13.3. The van der Waals surface area contributed by atoms with Crippen LogP contribution >= 0.6 is 0 Å². The van der Waals surface area contributed by atoms with E-state index >= 15 is 0 Å². The Labute approximate surface area is 89.3 Å². The molecule has 5 nitrogen and oxygen atoms in total. The Balaban J connectivity index is 1.88. The fourth-order valence-electron chi connectivity index (χ4n) is 1.81. The van der Waals surface area contributed by atoms with Crippen LogP contribution in [0.4, 0.5) is 0 Å². The van der Waals surface area contributed by atoms with Crippen LogP contribution < -0.4 is 0 Å². The van der Waals surface area contributed by atoms with Gasteiger partial charge in [0.1, 0.15) is 0 Å². The normalized spacial score (nSPS) is 23.2. The second kappa shape index (κ2) is 4.74. The highest BCUT2D eigenvalue weighted by Gasteiger charge is 2.19. The van der Waals surface area contributed by atoms with Crippen molar-refractivity contribution in [2.24, 2.45) is 7.05 Å². The highest BCUT2D eigenvalue weighted by atomic mass is 16.5. The van der Waals surface area contributed by atoms with Crippen molar-refractivity contribution >= 4 is 0 Å². The van der Waals surface area contributed by atoms with Crippen molar-refractivity contribution in [2.75, 3.05) is 26.3 Å². The van der Waals surface area contributed by atoms with Crippen LogP contribution in [-0.4, -0.2) is 52.2 Å². The summed E-state index contributed by atoms with van der Waals surface area (Å²) in [5.74, 6) is 0. The lowest BCUT2D eigenvalue weighted by molar-refractivity contribution is -0.0554. The summed E-state index contributed by atoms with van der Waals surface area (Å²) in [7, 11) is 1.92. The Bertz CT molecular complexity index is 313. The van der Waals surface area contributed by atoms with Gasteiger partial charge in [0, 0.05) is 32.9 Å². The molecule has 15 heavy (non-hydrogen) atoms. The van der Waals surface area contributed by atoms with Gasteiger partial charge in [0.25, 0.3) is 0 Å². The fourth-order valence-corrected chi connectivity index (χ4v) is 1.81. The SMILES string of the molecule is Cn1ccc(CN2CCOC(CO)C2)n1. The quantitative estimate of drug-likeness (QED) is 0.740. The number of rotatable bonds is 3. The van der Waals surface area contributed by atoms with E-state index in [0.29, 0.717) is 6.61 Å². The van der Waals surface area contributed by atoms with Crippen LogP contribution in [0.5, 0.6) is 0 Å². The van der Waals surface area contributed by atoms with Gasteiger partial charge in [-0.15, -0.1) is 0 Å². The van der Waals surface area contributed by atoms with Gasteiger partial charge in [0.15, 0.2) is 0 Å². The molecule has 0 amide bonds. The number of aromatic nitrogens is 2. The van der Waals surface area contributed by atoms with Gasteiger partial charge in [-0.25, -0.2) is 0 Å². The first-order chi connectivity index (χ1) is 7.28. The third-order valence-electron chi connectivity index (χ3n) is 2.58. The lowest BCUT2D eigenvalue weighted by atomic mass is 10.2. The van der Waals surface area contributed by atoms with Gasteiger partial charge >= 0.3 is 0 Å². The van der Waals surface area contributed by atoms with Gasteiger partial charge in [-0.2, -0.15) is 5.10 Å². The predicted octanol–water partition coefficient (Wildman–Crippen LogP) is -0.387. The van der Waals surface area contributed by atoms with Crippen molar-refractivity contribution in [2.45, 2.75) is 12.6 Å². The number of hydrogen-bond donors (Lipinski definition) is 1. The van der Waals surface area contributed by atoms with Crippen molar-refractivity contribution in [1.29, 1.82) is 0 Å². The van der Waals surface area contributed by atoms with Gasteiger partial charge in [-0.3, -0.25) is 9.58 Å². The molecule has 0 aliphatic carbocycles. The van der Waals surface area contributed by atoms with E-state index in [1.165, 1.54) is 0 Å². The summed E-state index contributed by atoms with van der Waals surface area (Å²) in [6.45, 7) is 3.32. The van der Waals surface area contributed by atoms with E-state index in [2.05, 4.69) is 10.00 Å². The van der Waals surface area contributed by atoms with E-state index in [4.69, 9.17) is 9.84 Å². The van der Waals surface area contributed by atoms with Crippen LogP contribution in [0, 0.1) is 0 Å². The molecule has 0 aromatic carbocycles. The topological polar surface area (TPSA) is 50.5 Å². The summed E-state index contributed by atoms with van der Waals surface area (Å²) in [5.41, 5.74) is 1.07. The molecule has 1 aromatic heterocycles. The molecule has 0 bridgehead atoms. The molecule has 0 radical (unpaired) electrons. The molecule has 1 aliphatic rings. The van der Waals surface area contributed by atoms with Crippen molar-refractivity contribution in [3.05, 3.63) is 18.0 Å². The van der Waals surface area contributed by atoms with Crippen molar-refractivity contribution in [3.8, 4) is 0 Å². The van der Waals surface area contributed by atoms with E-state index in [0.717, 1.165) is 25.3 Å². The molecule has 2 heterocycles. The van der Waals surface area contributed by atoms with Crippen LogP contribution in [-0.2, 0) is 18.3 Å². The molecular weight excluding hydrogens is 194 g/mol. The number of ether oxygens (including phenoxy) is 1. The summed E-state index contributed by atoms with van der Waals surface area (Å²) in [4.78, 5) is 2.26. The van der Waals surface area contributed by atoms with E-state index in [1.807, 2.05) is 19.3 Å². The second-order valence-corrected chi connectivity index (χ2v) is 3.89. The molecule has 84 valence electrons. The van der Waals surface area contributed by atoms with Gasteiger partial charge in [-0.05, 0) is 6.07 Å². The number of nitrogens with zero attached hydrogens (tertiary/aromatic N) is 3. The minimum atomic E-state index is -0.0394. The Morgan fingerprint density at radius 1 is 1.67 bits per heavy atom. The smallest absolute Gasteiger partial charge is 0.0933 e. The van der Waals surface area contributed by atoms with Gasteiger partial charge in [0.2, 0.25) is 0 Å². The minimum Gasteiger partial charge on any atom is -0.394 e. The Hall–Kier alpha value is -0.910. The number of aliphatic hydroxyl groups is 1. The molecule has 5 heteroatoms. The van der Waals surface area contributed by atoms with Crippen molar-refractivity contribution in [3.63, 3.8) is 0 Å². The highest BCUT2D eigenvalue weighted by Crippen LogP contribution is 2.08. The molecule has 1 aliphatic heterocycles. The first-order valence-electron chi connectivity index (χ1n) is 5.21. The summed E-state index contributed by atoms with van der Waals surface area (Å²) in [6.07, 6.45) is 1.90. The van der Waals surface area contributed by atoms with E-state index < -0.39 is 0 Å². The third-order valence-corrected chi connectivity index (χ3v) is 2.58. The summed E-state index contributed by atoms with van der Waals surface area (Å²) in [6, 6.07) is 2.02. The zero-order chi connectivity index (χ0) is 10.7. The average molecular weight is 211 g/mol. The second-order valence-electron chi connectivity index (χ2n) is 3.89. The van der Waals surface area contributed by atoms with Crippen LogP contribution in [0.2, 0.25) is 0 Å². The number of morpholine rings is 1. The molecule has 1 unspecified atom stereocenters. The lowest BCUT2D eigenvalue weighted by Gasteiger charge is -2.31. The summed E-state index contributed by atoms with van der Waals surface area (Å²) >= 11 is 0. The van der Waals surface area contributed by atoms with Gasteiger partial charge in [-0.1, -0.05) is 0 Å². The monoisotopic (exact) mass is 211 g/mol. The first-order valence-corrected chi connectivity index (χ1v) is 5.21. The fraction of sp³-hybridized carbons (Fsp3) is 0.700. The molecule has 1 aromatic rings. The molecule has 1 saturated heterocycles. The van der Waals surface area contributed by atoms with Gasteiger partial charge in [0.05, 0.1) is 25.0 Å². The van der Waals surface area contributed by atoms with Gasteiger partial charge < -0.3 is 9.84 Å². The standard InChI is InChI=1S/C10H17N3O2/c1-12-3-2-9(11-12)6-13-4-5-15-10(7-13)8-14/h2-3,10,14H,4-8H2,1H3. The Morgan fingerprint density at radius 2 is 2.53 bits per heavy atom. The Kier molecular flexibility index (Phi) is 3.35. The van der Waals surface area contributed by atoms with Crippen LogP contribution in [0.3, 0.4) is 0 Å². The third kappa shape index (κ3) is 2.77. The maximum atomic E-state index is 9.01. The van der Waals surface area contributed by atoms with Crippen molar-refractivity contribution in [1.82, 2.24) is 14.7 Å². The molecule has 1 fully saturated rings. The van der Waals surface area contributed by atoms with Crippen molar-refractivity contribution < 1.29 is 9.84 Å². The predicted molar refractivity (Wildman–Crippen MR) is 55.3 cm³/mol. The maximum Gasteiger partial charge on any atom is 0.0933 e. The maximum absolute atomic E-state index is 9.01. The molecule has 0 saturated carbocycles. The number of hydrogen-bond acceptors (Lipinski definition) is 4. The molecule has 1 N–H and O–H groups in total. The van der Waals surface area contributed by atoms with Crippen LogP contribution in [0.15, 0.2) is 12.3 Å². The lowest BCUT2D eigenvalue weighted by Crippen LogP contribution is -2.43. The molecule has 1 atom stereocenters. The largest absolute Gasteiger partial charge is 0.394 e.